The van der Waals surface area contributed by atoms with Gasteiger partial charge in [0.25, 0.3) is 0 Å². The van der Waals surface area contributed by atoms with Gasteiger partial charge in [0.05, 0.1) is 12.1 Å². The maximum Gasteiger partial charge on any atom is 0.248 e. The Morgan fingerprint density at radius 2 is 2.00 bits per heavy atom. The third-order valence-electron chi connectivity index (χ3n) is 2.85. The number of rotatable bonds is 5. The minimum Gasteiger partial charge on any atom is -0.493 e. The van der Waals surface area contributed by atoms with Crippen molar-refractivity contribution in [1.29, 1.82) is 0 Å². The van der Waals surface area contributed by atoms with Crippen molar-refractivity contribution in [2.75, 3.05) is 7.11 Å². The van der Waals surface area contributed by atoms with Crippen LogP contribution in [0.1, 0.15) is 15.9 Å². The summed E-state index contributed by atoms with van der Waals surface area (Å²) in [4.78, 5) is 11.1. The topological polar surface area (TPSA) is 61.5 Å². The smallest absolute Gasteiger partial charge is 0.248 e. The number of halogens is 2. The van der Waals surface area contributed by atoms with E-state index in [4.69, 9.17) is 26.8 Å². The summed E-state index contributed by atoms with van der Waals surface area (Å²) in [6.07, 6.45) is 0. The summed E-state index contributed by atoms with van der Waals surface area (Å²) in [7, 11) is 1.46. The number of hydrogen-bond acceptors (Lipinski definition) is 3. The number of nitrogens with two attached hydrogens (primary N) is 1. The predicted octanol–water partition coefficient (Wildman–Crippen LogP) is 3.17. The van der Waals surface area contributed by atoms with Crippen LogP contribution >= 0.6 is 11.6 Å². The van der Waals surface area contributed by atoms with Gasteiger partial charge in [-0.3, -0.25) is 4.79 Å². The molecule has 0 aromatic heterocycles. The van der Waals surface area contributed by atoms with E-state index in [9.17, 15) is 9.18 Å². The number of carbonyl (C=O) groups is 1. The molecule has 0 unspecified atom stereocenters. The fourth-order valence-corrected chi connectivity index (χ4v) is 1.96. The summed E-state index contributed by atoms with van der Waals surface area (Å²) >= 11 is 5.92. The van der Waals surface area contributed by atoms with Gasteiger partial charge in [-0.2, -0.15) is 0 Å². The number of methoxy groups -OCH3 is 1. The molecule has 2 rings (SSSR count). The van der Waals surface area contributed by atoms with E-state index in [1.807, 2.05) is 0 Å². The summed E-state index contributed by atoms with van der Waals surface area (Å²) in [5, 5.41) is 0.280. The summed E-state index contributed by atoms with van der Waals surface area (Å²) in [5.74, 6) is -0.152. The average molecular weight is 310 g/mol. The molecule has 0 atom stereocenters. The lowest BCUT2D eigenvalue weighted by Gasteiger charge is -2.12. The molecule has 21 heavy (non-hydrogen) atoms. The number of hydrogen-bond donors (Lipinski definition) is 1. The second-order valence-electron chi connectivity index (χ2n) is 4.25. The van der Waals surface area contributed by atoms with Gasteiger partial charge in [0.1, 0.15) is 12.4 Å². The van der Waals surface area contributed by atoms with Crippen LogP contribution in [-0.4, -0.2) is 13.0 Å². The molecule has 0 aliphatic carbocycles. The molecule has 0 heterocycles. The van der Waals surface area contributed by atoms with E-state index < -0.39 is 11.7 Å². The molecule has 2 N–H and O–H groups in total. The Bertz CT molecular complexity index is 676. The molecule has 0 aliphatic heterocycles. The Balaban J connectivity index is 2.17. The third kappa shape index (κ3) is 3.64. The molecule has 0 radical (unpaired) electrons. The van der Waals surface area contributed by atoms with Crippen LogP contribution in [-0.2, 0) is 6.61 Å². The molecular weight excluding hydrogens is 297 g/mol. The molecule has 2 aromatic rings. The van der Waals surface area contributed by atoms with Gasteiger partial charge in [-0.1, -0.05) is 17.7 Å². The fourth-order valence-electron chi connectivity index (χ4n) is 1.73. The Morgan fingerprint density at radius 3 is 2.62 bits per heavy atom. The Labute approximate surface area is 126 Å². The standard InChI is InChI=1S/C15H13ClFNO3/c1-20-14-6-9(15(18)19)3-5-13(14)21-8-10-2-4-11(17)7-12(10)16/h2-7H,8H2,1H3,(H2,18,19). The molecule has 0 spiro atoms. The molecule has 110 valence electrons. The van der Waals surface area contributed by atoms with E-state index in [0.29, 0.717) is 22.6 Å². The largest absolute Gasteiger partial charge is 0.493 e. The summed E-state index contributed by atoms with van der Waals surface area (Å²) in [6, 6.07) is 8.67. The van der Waals surface area contributed by atoms with E-state index in [0.717, 1.165) is 0 Å². The second-order valence-corrected chi connectivity index (χ2v) is 4.66. The maximum atomic E-state index is 13.0. The zero-order valence-corrected chi connectivity index (χ0v) is 12.0. The van der Waals surface area contributed by atoms with Crippen molar-refractivity contribution in [1.82, 2.24) is 0 Å². The summed E-state index contributed by atoms with van der Waals surface area (Å²) in [6.45, 7) is 0.144. The monoisotopic (exact) mass is 309 g/mol. The van der Waals surface area contributed by atoms with Crippen molar-refractivity contribution in [3.63, 3.8) is 0 Å². The quantitative estimate of drug-likeness (QED) is 0.922. The molecule has 4 nitrogen and oxygen atoms in total. The summed E-state index contributed by atoms with van der Waals surface area (Å²) < 4.78 is 23.7. The molecule has 0 bridgehead atoms. The highest BCUT2D eigenvalue weighted by Gasteiger charge is 2.10. The van der Waals surface area contributed by atoms with Crippen LogP contribution in [0.4, 0.5) is 4.39 Å². The second kappa shape index (κ2) is 6.45. The van der Waals surface area contributed by atoms with Crippen molar-refractivity contribution < 1.29 is 18.7 Å². The SMILES string of the molecule is COc1cc(C(N)=O)ccc1OCc1ccc(F)cc1Cl. The van der Waals surface area contributed by atoms with Crippen LogP contribution in [0.5, 0.6) is 11.5 Å². The van der Waals surface area contributed by atoms with Crippen LogP contribution in [0, 0.1) is 5.82 Å². The highest BCUT2D eigenvalue weighted by molar-refractivity contribution is 6.31. The normalized spacial score (nSPS) is 10.2. The lowest BCUT2D eigenvalue weighted by molar-refractivity contribution is 0.1000. The number of ether oxygens (including phenoxy) is 2. The van der Waals surface area contributed by atoms with Crippen LogP contribution < -0.4 is 15.2 Å². The van der Waals surface area contributed by atoms with E-state index in [1.54, 1.807) is 12.1 Å². The lowest BCUT2D eigenvalue weighted by atomic mass is 10.2. The zero-order valence-electron chi connectivity index (χ0n) is 11.2. The van der Waals surface area contributed by atoms with Gasteiger partial charge in [0.15, 0.2) is 11.5 Å². The molecule has 0 aliphatic rings. The number of primary amides is 1. The van der Waals surface area contributed by atoms with Gasteiger partial charge >= 0.3 is 0 Å². The number of amides is 1. The first-order valence-electron chi connectivity index (χ1n) is 6.06. The summed E-state index contributed by atoms with van der Waals surface area (Å²) in [5.41, 5.74) is 6.15. The Morgan fingerprint density at radius 1 is 1.24 bits per heavy atom. The minimum atomic E-state index is -0.554. The minimum absolute atomic E-state index is 0.144. The molecule has 6 heteroatoms. The molecule has 2 aromatic carbocycles. The van der Waals surface area contributed by atoms with E-state index in [-0.39, 0.29) is 11.6 Å². The molecule has 1 amide bonds. The molecule has 0 saturated heterocycles. The van der Waals surface area contributed by atoms with Gasteiger partial charge in [-0.15, -0.1) is 0 Å². The Kier molecular flexibility index (Phi) is 4.65. The van der Waals surface area contributed by atoms with Gasteiger partial charge in [-0.05, 0) is 30.3 Å². The van der Waals surface area contributed by atoms with Gasteiger partial charge in [-0.25, -0.2) is 4.39 Å². The van der Waals surface area contributed by atoms with Crippen molar-refractivity contribution in [2.24, 2.45) is 5.73 Å². The molecule has 0 fully saturated rings. The zero-order chi connectivity index (χ0) is 15.4. The van der Waals surface area contributed by atoms with Gasteiger partial charge < -0.3 is 15.2 Å². The van der Waals surface area contributed by atoms with Crippen LogP contribution in [0.2, 0.25) is 5.02 Å². The fraction of sp³-hybridized carbons (Fsp3) is 0.133. The van der Waals surface area contributed by atoms with Crippen molar-refractivity contribution in [2.45, 2.75) is 6.61 Å². The average Bonchev–Trinajstić information content (AvgIpc) is 2.46. The van der Waals surface area contributed by atoms with E-state index >= 15 is 0 Å². The van der Waals surface area contributed by atoms with Crippen LogP contribution in [0.15, 0.2) is 36.4 Å². The molecular formula is C15H13ClFNO3. The molecule has 0 saturated carbocycles. The first kappa shape index (κ1) is 15.1. The van der Waals surface area contributed by atoms with Gasteiger partial charge in [0, 0.05) is 11.1 Å². The van der Waals surface area contributed by atoms with Crippen molar-refractivity contribution >= 4 is 17.5 Å². The predicted molar refractivity (Wildman–Crippen MR) is 77.3 cm³/mol. The lowest BCUT2D eigenvalue weighted by Crippen LogP contribution is -2.11. The highest BCUT2D eigenvalue weighted by Crippen LogP contribution is 2.29. The van der Waals surface area contributed by atoms with Crippen LogP contribution in [0.3, 0.4) is 0 Å². The maximum absolute atomic E-state index is 13.0. The van der Waals surface area contributed by atoms with Crippen molar-refractivity contribution in [3.8, 4) is 11.5 Å². The number of carbonyl (C=O) groups excluding carboxylic acids is 1. The van der Waals surface area contributed by atoms with E-state index in [1.165, 1.54) is 31.4 Å². The Hall–Kier alpha value is -2.27. The first-order chi connectivity index (χ1) is 10.0. The number of benzene rings is 2. The highest BCUT2D eigenvalue weighted by atomic mass is 35.5. The van der Waals surface area contributed by atoms with E-state index in [2.05, 4.69) is 0 Å². The first-order valence-corrected chi connectivity index (χ1v) is 6.43. The van der Waals surface area contributed by atoms with Crippen LogP contribution in [0.25, 0.3) is 0 Å². The van der Waals surface area contributed by atoms with Crippen molar-refractivity contribution in [3.05, 3.63) is 58.4 Å². The van der Waals surface area contributed by atoms with Gasteiger partial charge in [0.2, 0.25) is 5.91 Å². The third-order valence-corrected chi connectivity index (χ3v) is 3.20.